The highest BCUT2D eigenvalue weighted by Gasteiger charge is 2.43. The molecule has 49 heavy (non-hydrogen) atoms. The molecule has 3 aliphatic rings. The van der Waals surface area contributed by atoms with Crippen LogP contribution in [0.15, 0.2) is 48.7 Å². The van der Waals surface area contributed by atoms with Gasteiger partial charge in [0.1, 0.15) is 11.9 Å². The molecule has 3 heterocycles. The zero-order valence-electron chi connectivity index (χ0n) is 27.5. The zero-order chi connectivity index (χ0) is 34.8. The van der Waals surface area contributed by atoms with Crippen molar-refractivity contribution in [3.05, 3.63) is 86.0 Å². The summed E-state index contributed by atoms with van der Waals surface area (Å²) in [5.74, 6) is 0.292. The van der Waals surface area contributed by atoms with Crippen LogP contribution in [0, 0.1) is 12.8 Å². The van der Waals surface area contributed by atoms with Gasteiger partial charge in [0, 0.05) is 62.8 Å². The van der Waals surface area contributed by atoms with Crippen LogP contribution in [0.1, 0.15) is 53.9 Å². The molecule has 1 saturated carbocycles. The van der Waals surface area contributed by atoms with Crippen molar-refractivity contribution in [3.8, 4) is 5.75 Å². The molecule has 0 radical (unpaired) electrons. The summed E-state index contributed by atoms with van der Waals surface area (Å²) in [5, 5.41) is 14.0. The molecule has 2 aromatic carbocycles. The highest BCUT2D eigenvalue weighted by molar-refractivity contribution is 6.37. The minimum absolute atomic E-state index is 0.0579. The highest BCUT2D eigenvalue weighted by atomic mass is 35.5. The van der Waals surface area contributed by atoms with Gasteiger partial charge in [0.25, 0.3) is 0 Å². The standard InChI is InChI=1S/C36H40Cl3N5O5/c1-21-13-30(38)34(31(39)14-21)49-26-9-11-42(19-26)32-8-4-23(17-41-32)27-10-12-43(36(47)48)20-28(27)35(46)44(25-5-6-25)18-24-15-22(3-7-29(24)37)16-33(45)40-2/h3-4,7-8,13-15,17,25-28H,5-6,9-12,16,18-20H2,1-2H3,(H,40,45)(H,47,48)/t26-,27+,28-/m0/s1. The van der Waals surface area contributed by atoms with Crippen molar-refractivity contribution in [1.82, 2.24) is 20.1 Å². The second-order valence-electron chi connectivity index (χ2n) is 13.2. The van der Waals surface area contributed by atoms with Gasteiger partial charge in [-0.05, 0) is 72.7 Å². The van der Waals surface area contributed by atoms with E-state index in [1.807, 2.05) is 54.4 Å². The van der Waals surface area contributed by atoms with Crippen molar-refractivity contribution >= 4 is 58.5 Å². The van der Waals surface area contributed by atoms with Gasteiger partial charge in [-0.3, -0.25) is 9.59 Å². The highest BCUT2D eigenvalue weighted by Crippen LogP contribution is 2.39. The molecule has 2 aliphatic heterocycles. The Kier molecular flexibility index (Phi) is 10.8. The summed E-state index contributed by atoms with van der Waals surface area (Å²) in [6, 6.07) is 13.1. The topological polar surface area (TPSA) is 115 Å². The number of hydrogen-bond donors (Lipinski definition) is 2. The van der Waals surface area contributed by atoms with Gasteiger partial charge in [-0.25, -0.2) is 9.78 Å². The third-order valence-electron chi connectivity index (χ3n) is 9.66. The molecule has 0 bridgehead atoms. The summed E-state index contributed by atoms with van der Waals surface area (Å²) in [4.78, 5) is 48.6. The number of anilines is 1. The van der Waals surface area contributed by atoms with Crippen molar-refractivity contribution in [1.29, 1.82) is 0 Å². The summed E-state index contributed by atoms with van der Waals surface area (Å²) >= 11 is 19.4. The SMILES string of the molecule is CNC(=O)Cc1ccc(Cl)c(CN(C(=O)[C@H]2CN(C(=O)O)CC[C@@H]2c2ccc(N3CC[C@H](Oc4c(Cl)cc(C)cc4Cl)C3)nc2)C2CC2)c1. The molecule has 13 heteroatoms. The number of ether oxygens (including phenoxy) is 1. The Morgan fingerprint density at radius 1 is 0.980 bits per heavy atom. The Bertz CT molecular complexity index is 1700. The van der Waals surface area contributed by atoms with Gasteiger partial charge in [0.2, 0.25) is 11.8 Å². The van der Waals surface area contributed by atoms with Crippen LogP contribution >= 0.6 is 34.8 Å². The number of benzene rings is 2. The molecule has 2 N–H and O–H groups in total. The summed E-state index contributed by atoms with van der Waals surface area (Å²) in [6.45, 7) is 4.02. The minimum Gasteiger partial charge on any atom is -0.485 e. The number of rotatable bonds is 10. The Hall–Kier alpha value is -3.73. The van der Waals surface area contributed by atoms with E-state index < -0.39 is 12.0 Å². The van der Waals surface area contributed by atoms with E-state index in [2.05, 4.69) is 10.2 Å². The maximum Gasteiger partial charge on any atom is 0.407 e. The lowest BCUT2D eigenvalue weighted by molar-refractivity contribution is -0.139. The van der Waals surface area contributed by atoms with Crippen LogP contribution in [0.5, 0.6) is 5.75 Å². The molecule has 1 aromatic heterocycles. The number of aromatic nitrogens is 1. The number of likely N-dealkylation sites (tertiary alicyclic amines) is 1. The van der Waals surface area contributed by atoms with Crippen LogP contribution in [0.2, 0.25) is 15.1 Å². The lowest BCUT2D eigenvalue weighted by Crippen LogP contribution is -2.49. The van der Waals surface area contributed by atoms with E-state index in [4.69, 9.17) is 44.5 Å². The monoisotopic (exact) mass is 727 g/mol. The average Bonchev–Trinajstić information content (AvgIpc) is 3.82. The summed E-state index contributed by atoms with van der Waals surface area (Å²) < 4.78 is 6.20. The number of pyridine rings is 1. The second-order valence-corrected chi connectivity index (χ2v) is 14.4. The van der Waals surface area contributed by atoms with Gasteiger partial charge >= 0.3 is 6.09 Å². The number of nitrogens with zero attached hydrogens (tertiary/aromatic N) is 4. The van der Waals surface area contributed by atoms with E-state index in [1.54, 1.807) is 13.1 Å². The fourth-order valence-corrected chi connectivity index (χ4v) is 7.74. The van der Waals surface area contributed by atoms with Gasteiger partial charge < -0.3 is 29.9 Å². The number of nitrogens with one attached hydrogen (secondary N) is 1. The lowest BCUT2D eigenvalue weighted by atomic mass is 9.80. The Morgan fingerprint density at radius 2 is 1.73 bits per heavy atom. The Labute approximate surface area is 301 Å². The van der Waals surface area contributed by atoms with Crippen molar-refractivity contribution in [2.24, 2.45) is 5.92 Å². The molecule has 3 atom stereocenters. The summed E-state index contributed by atoms with van der Waals surface area (Å²) in [5.41, 5.74) is 3.43. The first-order valence-electron chi connectivity index (χ1n) is 16.6. The zero-order valence-corrected chi connectivity index (χ0v) is 29.8. The molecule has 3 aromatic rings. The van der Waals surface area contributed by atoms with E-state index >= 15 is 0 Å². The van der Waals surface area contributed by atoms with Gasteiger partial charge in [0.15, 0.2) is 5.75 Å². The molecular weight excluding hydrogens is 689 g/mol. The quantitative estimate of drug-likeness (QED) is 0.243. The first-order valence-corrected chi connectivity index (χ1v) is 17.7. The average molecular weight is 729 g/mol. The molecular formula is C36H40Cl3N5O5. The number of halogens is 3. The lowest BCUT2D eigenvalue weighted by Gasteiger charge is -2.39. The molecule has 6 rings (SSSR count). The van der Waals surface area contributed by atoms with Crippen LogP contribution in [-0.2, 0) is 22.6 Å². The number of amides is 3. The van der Waals surface area contributed by atoms with Crippen LogP contribution in [-0.4, -0.2) is 83.2 Å². The maximum absolute atomic E-state index is 14.4. The predicted octanol–water partition coefficient (Wildman–Crippen LogP) is 6.57. The molecule has 260 valence electrons. The number of aryl methyl sites for hydroxylation is 1. The number of carbonyl (C=O) groups is 3. The fraction of sp³-hybridized carbons (Fsp3) is 0.444. The van der Waals surface area contributed by atoms with E-state index in [0.717, 1.165) is 53.9 Å². The third-order valence-corrected chi connectivity index (χ3v) is 10.6. The molecule has 1 aliphatic carbocycles. The molecule has 3 fully saturated rings. The summed E-state index contributed by atoms with van der Waals surface area (Å²) in [6.07, 6.45) is 3.92. The molecule has 0 unspecified atom stereocenters. The van der Waals surface area contributed by atoms with E-state index in [9.17, 15) is 19.5 Å². The minimum atomic E-state index is -1.04. The predicted molar refractivity (Wildman–Crippen MR) is 190 cm³/mol. The van der Waals surface area contributed by atoms with Crippen LogP contribution < -0.4 is 15.0 Å². The molecule has 0 spiro atoms. The smallest absolute Gasteiger partial charge is 0.407 e. The van der Waals surface area contributed by atoms with E-state index in [-0.39, 0.29) is 49.4 Å². The van der Waals surface area contributed by atoms with Crippen molar-refractivity contribution in [2.45, 2.75) is 63.6 Å². The van der Waals surface area contributed by atoms with Crippen LogP contribution in [0.25, 0.3) is 0 Å². The maximum atomic E-state index is 14.4. The number of hydrogen-bond acceptors (Lipinski definition) is 6. The first kappa shape index (κ1) is 35.1. The second kappa shape index (κ2) is 15.0. The van der Waals surface area contributed by atoms with Crippen molar-refractivity contribution < 1.29 is 24.2 Å². The van der Waals surface area contributed by atoms with Crippen molar-refractivity contribution in [2.75, 3.05) is 38.1 Å². The number of carbonyl (C=O) groups excluding carboxylic acids is 2. The molecule has 2 saturated heterocycles. The van der Waals surface area contributed by atoms with E-state index in [1.165, 1.54) is 4.90 Å². The normalized spacial score (nSPS) is 20.6. The Morgan fingerprint density at radius 3 is 2.39 bits per heavy atom. The largest absolute Gasteiger partial charge is 0.485 e. The van der Waals surface area contributed by atoms with Crippen molar-refractivity contribution in [3.63, 3.8) is 0 Å². The third kappa shape index (κ3) is 8.19. The van der Waals surface area contributed by atoms with Gasteiger partial charge in [-0.2, -0.15) is 0 Å². The Balaban J connectivity index is 1.18. The van der Waals surface area contributed by atoms with Gasteiger partial charge in [-0.15, -0.1) is 0 Å². The molecule has 10 nitrogen and oxygen atoms in total. The fourth-order valence-electron chi connectivity index (χ4n) is 6.88. The number of piperidine rings is 1. The first-order chi connectivity index (χ1) is 23.5. The summed E-state index contributed by atoms with van der Waals surface area (Å²) in [7, 11) is 1.59. The van der Waals surface area contributed by atoms with Crippen LogP contribution in [0.4, 0.5) is 10.6 Å². The number of likely N-dealkylation sites (N-methyl/N-ethyl adjacent to an activating group) is 1. The van der Waals surface area contributed by atoms with Crippen LogP contribution in [0.3, 0.4) is 0 Å². The van der Waals surface area contributed by atoms with Gasteiger partial charge in [-0.1, -0.05) is 53.0 Å². The molecule has 3 amide bonds. The van der Waals surface area contributed by atoms with Gasteiger partial charge in [0.05, 0.1) is 28.9 Å². The van der Waals surface area contributed by atoms with E-state index in [0.29, 0.717) is 40.3 Å². The number of carboxylic acid groups (broad SMARTS) is 1.